The number of nitrogens with one attached hydrogen (secondary N) is 1. The predicted octanol–water partition coefficient (Wildman–Crippen LogP) is 2.01. The Balaban J connectivity index is 2.06. The van der Waals surface area contributed by atoms with Gasteiger partial charge in [0.15, 0.2) is 0 Å². The molecule has 5 heteroatoms. The molecule has 0 amide bonds. The normalized spacial score (nSPS) is 10.2. The van der Waals surface area contributed by atoms with Gasteiger partial charge < -0.3 is 16.0 Å². The average Bonchev–Trinajstić information content (AvgIpc) is 2.46. The van der Waals surface area contributed by atoms with Gasteiger partial charge in [0.2, 0.25) is 0 Å². The lowest BCUT2D eigenvalue weighted by atomic mass is 10.3. The largest absolute Gasteiger partial charge is 0.359 e. The summed E-state index contributed by atoms with van der Waals surface area (Å²) in [6.45, 7) is 1.57. The van der Waals surface area contributed by atoms with Crippen LogP contribution in [0.2, 0.25) is 0 Å². The van der Waals surface area contributed by atoms with Crippen LogP contribution in [0.4, 0.5) is 17.3 Å². The molecule has 2 aromatic rings. The Kier molecular flexibility index (Phi) is 4.69. The number of anilines is 3. The molecule has 0 atom stereocenters. The molecule has 3 N–H and O–H groups in total. The van der Waals surface area contributed by atoms with E-state index >= 15 is 0 Å². The number of para-hydroxylation sites is 1. The topological polar surface area (TPSA) is 67.1 Å². The monoisotopic (exact) mass is 257 g/mol. The van der Waals surface area contributed by atoms with E-state index in [1.54, 1.807) is 6.33 Å². The fourth-order valence-electron chi connectivity index (χ4n) is 1.74. The van der Waals surface area contributed by atoms with Crippen molar-refractivity contribution in [3.8, 4) is 0 Å². The molecule has 0 saturated carbocycles. The maximum absolute atomic E-state index is 5.52. The fraction of sp³-hybridized carbons (Fsp3) is 0.286. The Bertz CT molecular complexity index is 500. The summed E-state index contributed by atoms with van der Waals surface area (Å²) in [6, 6.07) is 11.9. The quantitative estimate of drug-likeness (QED) is 0.828. The van der Waals surface area contributed by atoms with Crippen LogP contribution in [-0.4, -0.2) is 30.1 Å². The van der Waals surface area contributed by atoms with Gasteiger partial charge >= 0.3 is 0 Å². The zero-order valence-electron chi connectivity index (χ0n) is 11.1. The summed E-state index contributed by atoms with van der Waals surface area (Å²) in [6.07, 6.45) is 2.52. The second-order valence-electron chi connectivity index (χ2n) is 4.32. The zero-order chi connectivity index (χ0) is 13.5. The van der Waals surface area contributed by atoms with Crippen molar-refractivity contribution in [2.45, 2.75) is 6.42 Å². The van der Waals surface area contributed by atoms with Gasteiger partial charge in [0.25, 0.3) is 0 Å². The number of hydrogen-bond donors (Lipinski definition) is 2. The maximum atomic E-state index is 5.52. The van der Waals surface area contributed by atoms with E-state index in [2.05, 4.69) is 20.2 Å². The van der Waals surface area contributed by atoms with Crippen molar-refractivity contribution in [2.75, 3.05) is 30.4 Å². The van der Waals surface area contributed by atoms with E-state index in [1.165, 1.54) is 0 Å². The van der Waals surface area contributed by atoms with Crippen molar-refractivity contribution in [2.24, 2.45) is 5.73 Å². The summed E-state index contributed by atoms with van der Waals surface area (Å²) in [7, 11) is 2.00. The highest BCUT2D eigenvalue weighted by Gasteiger charge is 2.04. The molecule has 5 nitrogen and oxygen atoms in total. The molecular formula is C14H19N5. The zero-order valence-corrected chi connectivity index (χ0v) is 11.1. The first kappa shape index (κ1) is 13.3. The molecule has 0 unspecified atom stereocenters. The third kappa shape index (κ3) is 3.93. The van der Waals surface area contributed by atoms with Crippen molar-refractivity contribution in [1.29, 1.82) is 0 Å². The van der Waals surface area contributed by atoms with Crippen LogP contribution in [0, 0.1) is 0 Å². The third-order valence-electron chi connectivity index (χ3n) is 2.79. The molecule has 2 rings (SSSR count). The summed E-state index contributed by atoms with van der Waals surface area (Å²) in [5, 5.41) is 3.25. The Morgan fingerprint density at radius 2 is 2.00 bits per heavy atom. The van der Waals surface area contributed by atoms with Gasteiger partial charge in [0, 0.05) is 25.3 Å². The van der Waals surface area contributed by atoms with Crippen LogP contribution >= 0.6 is 0 Å². The highest BCUT2D eigenvalue weighted by Crippen LogP contribution is 2.17. The lowest BCUT2D eigenvalue weighted by Gasteiger charge is -2.18. The molecule has 0 fully saturated rings. The summed E-state index contributed by atoms with van der Waals surface area (Å²) < 4.78 is 0. The minimum Gasteiger partial charge on any atom is -0.359 e. The molecule has 0 aliphatic carbocycles. The van der Waals surface area contributed by atoms with E-state index in [0.717, 1.165) is 30.3 Å². The van der Waals surface area contributed by atoms with Crippen LogP contribution in [-0.2, 0) is 0 Å². The summed E-state index contributed by atoms with van der Waals surface area (Å²) in [5.41, 5.74) is 6.53. The molecule has 0 aliphatic heterocycles. The van der Waals surface area contributed by atoms with Gasteiger partial charge in [-0.2, -0.15) is 0 Å². The van der Waals surface area contributed by atoms with E-state index in [0.29, 0.717) is 6.54 Å². The smallest absolute Gasteiger partial charge is 0.135 e. The van der Waals surface area contributed by atoms with Crippen molar-refractivity contribution >= 4 is 17.3 Å². The maximum Gasteiger partial charge on any atom is 0.135 e. The predicted molar refractivity (Wildman–Crippen MR) is 78.7 cm³/mol. The van der Waals surface area contributed by atoms with Crippen LogP contribution in [0.5, 0.6) is 0 Å². The van der Waals surface area contributed by atoms with Crippen LogP contribution in [0.3, 0.4) is 0 Å². The Labute approximate surface area is 113 Å². The lowest BCUT2D eigenvalue weighted by molar-refractivity contribution is 0.785. The third-order valence-corrected chi connectivity index (χ3v) is 2.79. The molecular weight excluding hydrogens is 238 g/mol. The molecule has 0 aliphatic rings. The first-order chi connectivity index (χ1) is 9.29. The first-order valence-electron chi connectivity index (χ1n) is 6.35. The van der Waals surface area contributed by atoms with Gasteiger partial charge in [-0.15, -0.1) is 0 Å². The van der Waals surface area contributed by atoms with E-state index in [-0.39, 0.29) is 0 Å². The summed E-state index contributed by atoms with van der Waals surface area (Å²) in [5.74, 6) is 1.68. The fourth-order valence-corrected chi connectivity index (χ4v) is 1.74. The van der Waals surface area contributed by atoms with E-state index in [1.807, 2.05) is 43.4 Å². The molecule has 19 heavy (non-hydrogen) atoms. The molecule has 1 heterocycles. The Morgan fingerprint density at radius 3 is 2.74 bits per heavy atom. The number of aromatic nitrogens is 2. The molecule has 100 valence electrons. The summed E-state index contributed by atoms with van der Waals surface area (Å²) in [4.78, 5) is 10.6. The minimum atomic E-state index is 0.685. The van der Waals surface area contributed by atoms with Crippen LogP contribution in [0.1, 0.15) is 6.42 Å². The van der Waals surface area contributed by atoms with Gasteiger partial charge in [-0.3, -0.25) is 0 Å². The van der Waals surface area contributed by atoms with Crippen LogP contribution in [0.15, 0.2) is 42.7 Å². The van der Waals surface area contributed by atoms with Crippen molar-refractivity contribution in [3.63, 3.8) is 0 Å². The number of nitrogens with two attached hydrogens (primary N) is 1. The van der Waals surface area contributed by atoms with Crippen molar-refractivity contribution in [1.82, 2.24) is 9.97 Å². The van der Waals surface area contributed by atoms with E-state index < -0.39 is 0 Å². The van der Waals surface area contributed by atoms with Gasteiger partial charge in [0.05, 0.1) is 0 Å². The second kappa shape index (κ2) is 6.70. The minimum absolute atomic E-state index is 0.685. The van der Waals surface area contributed by atoms with Crippen LogP contribution in [0.25, 0.3) is 0 Å². The second-order valence-corrected chi connectivity index (χ2v) is 4.32. The average molecular weight is 257 g/mol. The Hall–Kier alpha value is -2.14. The van der Waals surface area contributed by atoms with Crippen LogP contribution < -0.4 is 16.0 Å². The van der Waals surface area contributed by atoms with Gasteiger partial charge in [-0.1, -0.05) is 18.2 Å². The van der Waals surface area contributed by atoms with Gasteiger partial charge in [-0.05, 0) is 25.1 Å². The van der Waals surface area contributed by atoms with Gasteiger partial charge in [-0.25, -0.2) is 9.97 Å². The molecule has 1 aromatic carbocycles. The standard InChI is InChI=1S/C14H19N5/c1-19(9-5-8-15)14-10-13(16-11-17-14)18-12-6-3-2-4-7-12/h2-4,6-7,10-11H,5,8-9,15H2,1H3,(H,16,17,18). The highest BCUT2D eigenvalue weighted by molar-refractivity contribution is 5.58. The van der Waals surface area contributed by atoms with Crippen molar-refractivity contribution in [3.05, 3.63) is 42.7 Å². The Morgan fingerprint density at radius 1 is 1.21 bits per heavy atom. The number of benzene rings is 1. The van der Waals surface area contributed by atoms with Gasteiger partial charge in [0.1, 0.15) is 18.0 Å². The summed E-state index contributed by atoms with van der Waals surface area (Å²) >= 11 is 0. The lowest BCUT2D eigenvalue weighted by Crippen LogP contribution is -2.22. The van der Waals surface area contributed by atoms with Crippen molar-refractivity contribution < 1.29 is 0 Å². The molecule has 0 spiro atoms. The van der Waals surface area contributed by atoms with E-state index in [4.69, 9.17) is 5.73 Å². The molecule has 0 saturated heterocycles. The first-order valence-corrected chi connectivity index (χ1v) is 6.35. The molecule has 0 bridgehead atoms. The molecule has 1 aromatic heterocycles. The SMILES string of the molecule is CN(CCCN)c1cc(Nc2ccccc2)ncn1. The van der Waals surface area contributed by atoms with E-state index in [9.17, 15) is 0 Å². The number of rotatable bonds is 6. The number of nitrogens with zero attached hydrogens (tertiary/aromatic N) is 3. The number of hydrogen-bond acceptors (Lipinski definition) is 5. The molecule has 0 radical (unpaired) electrons. The highest BCUT2D eigenvalue weighted by atomic mass is 15.2.